The van der Waals surface area contributed by atoms with Gasteiger partial charge in [-0.25, -0.2) is 8.42 Å². The molecule has 0 saturated carbocycles. The minimum Gasteiger partial charge on any atom is -0.488 e. The summed E-state index contributed by atoms with van der Waals surface area (Å²) in [6.07, 6.45) is -2.32. The van der Waals surface area contributed by atoms with Crippen LogP contribution in [0.4, 0.5) is 13.2 Å². The van der Waals surface area contributed by atoms with Crippen LogP contribution in [0.5, 0.6) is 11.5 Å². The zero-order valence-electron chi connectivity index (χ0n) is 21.0. The predicted molar refractivity (Wildman–Crippen MR) is 133 cm³/mol. The first kappa shape index (κ1) is 27.7. The third kappa shape index (κ3) is 5.58. The quantitative estimate of drug-likeness (QED) is 0.389. The Hall–Kier alpha value is -2.87. The molecule has 2 aromatic heterocycles. The van der Waals surface area contributed by atoms with E-state index in [1.807, 2.05) is 0 Å². The van der Waals surface area contributed by atoms with E-state index in [9.17, 15) is 21.6 Å². The molecule has 1 unspecified atom stereocenters. The number of pyridine rings is 1. The van der Waals surface area contributed by atoms with Crippen LogP contribution in [0.3, 0.4) is 0 Å². The summed E-state index contributed by atoms with van der Waals surface area (Å²) in [6, 6.07) is 3.97. The summed E-state index contributed by atoms with van der Waals surface area (Å²) in [4.78, 5) is 3.95. The Balaban J connectivity index is 1.56. The Morgan fingerprint density at radius 3 is 2.64 bits per heavy atom. The van der Waals surface area contributed by atoms with Crippen LogP contribution in [0, 0.1) is 13.8 Å². The third-order valence-corrected chi connectivity index (χ3v) is 8.90. The molecule has 3 aromatic rings. The molecule has 1 fully saturated rings. The maximum Gasteiger partial charge on any atom is 0.417 e. The molecule has 2 aliphatic rings. The minimum atomic E-state index is -4.61. The monoisotopic (exact) mass is 587 g/mol. The molecule has 5 rings (SSSR count). The van der Waals surface area contributed by atoms with E-state index in [0.717, 1.165) is 18.9 Å². The molecule has 0 aliphatic carbocycles. The zero-order valence-corrected chi connectivity index (χ0v) is 22.6. The lowest BCUT2D eigenvalue weighted by molar-refractivity contribution is -0.137. The fourth-order valence-electron chi connectivity index (χ4n) is 4.64. The maximum absolute atomic E-state index is 13.6. The number of hydrogen-bond acceptors (Lipinski definition) is 8. The van der Waals surface area contributed by atoms with Gasteiger partial charge >= 0.3 is 6.18 Å². The van der Waals surface area contributed by atoms with Crippen molar-refractivity contribution in [3.8, 4) is 22.8 Å². The lowest BCUT2D eigenvalue weighted by atomic mass is 10.0. The molecule has 1 aromatic carbocycles. The number of benzene rings is 1. The number of rotatable bonds is 6. The van der Waals surface area contributed by atoms with Gasteiger partial charge in [0.2, 0.25) is 10.0 Å². The van der Waals surface area contributed by atoms with Gasteiger partial charge in [0.25, 0.3) is 0 Å². The van der Waals surface area contributed by atoms with Gasteiger partial charge in [-0.2, -0.15) is 17.5 Å². The third-order valence-electron chi connectivity index (χ3n) is 6.52. The maximum atomic E-state index is 13.6. The molecule has 9 nitrogen and oxygen atoms in total. The van der Waals surface area contributed by atoms with Crippen molar-refractivity contribution in [1.29, 1.82) is 0 Å². The molecule has 14 heteroatoms. The standard InChI is InChI=1S/C25H25ClF3N3O6S/c1-14-24(15(2)38-31-14)39(33,34)32-5-7-36-23-17(12-32)8-16(9-21(23)37-13-19-4-3-6-35-19)22-20(26)10-18(11-30-22)25(27,28)29/h8-11,19H,3-7,12-13H2,1-2H3. The smallest absolute Gasteiger partial charge is 0.417 e. The highest BCUT2D eigenvalue weighted by Crippen LogP contribution is 2.42. The van der Waals surface area contributed by atoms with Gasteiger partial charge in [-0.3, -0.25) is 4.98 Å². The fraction of sp³-hybridized carbons (Fsp3) is 0.440. The predicted octanol–water partition coefficient (Wildman–Crippen LogP) is 5.17. The Morgan fingerprint density at radius 1 is 1.21 bits per heavy atom. The van der Waals surface area contributed by atoms with E-state index in [0.29, 0.717) is 29.7 Å². The second kappa shape index (κ2) is 10.6. The number of alkyl halides is 3. The second-order valence-electron chi connectivity index (χ2n) is 9.30. The van der Waals surface area contributed by atoms with Crippen LogP contribution in [0.1, 0.15) is 35.4 Å². The number of ether oxygens (including phenoxy) is 3. The molecule has 1 atom stereocenters. The summed E-state index contributed by atoms with van der Waals surface area (Å²) in [5, 5.41) is 3.54. The van der Waals surface area contributed by atoms with E-state index >= 15 is 0 Å². The summed E-state index contributed by atoms with van der Waals surface area (Å²) in [7, 11) is -4.02. The normalized spacial score (nSPS) is 18.5. The largest absolute Gasteiger partial charge is 0.488 e. The Kier molecular flexibility index (Phi) is 7.53. The molecular weight excluding hydrogens is 563 g/mol. The van der Waals surface area contributed by atoms with Gasteiger partial charge in [0.05, 0.1) is 22.4 Å². The van der Waals surface area contributed by atoms with E-state index in [-0.39, 0.29) is 65.2 Å². The van der Waals surface area contributed by atoms with E-state index in [1.165, 1.54) is 11.2 Å². The van der Waals surface area contributed by atoms with E-state index in [2.05, 4.69) is 10.1 Å². The number of nitrogens with zero attached hydrogens (tertiary/aromatic N) is 3. The van der Waals surface area contributed by atoms with Crippen LogP contribution >= 0.6 is 11.6 Å². The molecule has 0 amide bonds. The Morgan fingerprint density at radius 2 is 2.00 bits per heavy atom. The molecule has 2 aliphatic heterocycles. The van der Waals surface area contributed by atoms with Crippen molar-refractivity contribution in [3.05, 3.63) is 52.0 Å². The van der Waals surface area contributed by atoms with Crippen LogP contribution in [0.2, 0.25) is 5.02 Å². The summed E-state index contributed by atoms with van der Waals surface area (Å²) >= 11 is 6.24. The topological polar surface area (TPSA) is 104 Å². The SMILES string of the molecule is Cc1noc(C)c1S(=O)(=O)N1CCOc2c(cc(-c3ncc(C(F)(F)F)cc3Cl)cc2OCC2CCCO2)C1. The molecule has 1 saturated heterocycles. The summed E-state index contributed by atoms with van der Waals surface area (Å²) in [6.45, 7) is 3.86. The van der Waals surface area contributed by atoms with Crippen LogP contribution in [-0.2, 0) is 27.5 Å². The summed E-state index contributed by atoms with van der Waals surface area (Å²) < 4.78 is 90.7. The number of fused-ring (bicyclic) bond motifs is 1. The van der Waals surface area contributed by atoms with Gasteiger partial charge in [-0.15, -0.1) is 0 Å². The average molecular weight is 588 g/mol. The van der Waals surface area contributed by atoms with Gasteiger partial charge in [0.1, 0.15) is 23.8 Å². The second-order valence-corrected chi connectivity index (χ2v) is 11.6. The number of sulfonamides is 1. The van der Waals surface area contributed by atoms with E-state index in [4.69, 9.17) is 30.3 Å². The van der Waals surface area contributed by atoms with Gasteiger partial charge in [0, 0.05) is 37.0 Å². The first-order valence-corrected chi connectivity index (χ1v) is 14.0. The van der Waals surface area contributed by atoms with Crippen molar-refractivity contribution >= 4 is 21.6 Å². The van der Waals surface area contributed by atoms with Crippen molar-refractivity contribution in [3.63, 3.8) is 0 Å². The summed E-state index contributed by atoms with van der Waals surface area (Å²) in [5.41, 5.74) is 0.100. The van der Waals surface area contributed by atoms with Crippen molar-refractivity contribution in [2.75, 3.05) is 26.4 Å². The molecule has 0 N–H and O–H groups in total. The molecular formula is C25H25ClF3N3O6S. The van der Waals surface area contributed by atoms with Crippen LogP contribution < -0.4 is 9.47 Å². The minimum absolute atomic E-state index is 0.0237. The van der Waals surface area contributed by atoms with Crippen molar-refractivity contribution in [2.45, 2.75) is 50.4 Å². The number of aryl methyl sites for hydroxylation is 2. The van der Waals surface area contributed by atoms with Crippen LogP contribution in [0.15, 0.2) is 33.8 Å². The Labute approximate surface area is 227 Å². The Bertz CT molecular complexity index is 1470. The fourth-order valence-corrected chi connectivity index (χ4v) is 6.61. The molecule has 4 heterocycles. The van der Waals surface area contributed by atoms with Gasteiger partial charge in [-0.1, -0.05) is 16.8 Å². The zero-order chi connectivity index (χ0) is 27.9. The molecule has 0 radical (unpaired) electrons. The van der Waals surface area contributed by atoms with Gasteiger partial charge in [-0.05, 0) is 44.9 Å². The van der Waals surface area contributed by atoms with Crippen LogP contribution in [-0.4, -0.2) is 55.3 Å². The molecule has 0 bridgehead atoms. The first-order valence-electron chi connectivity index (χ1n) is 12.2. The lowest BCUT2D eigenvalue weighted by Gasteiger charge is -2.20. The number of hydrogen-bond donors (Lipinski definition) is 0. The number of aromatic nitrogens is 2. The molecule has 0 spiro atoms. The highest BCUT2D eigenvalue weighted by Gasteiger charge is 2.35. The molecule has 210 valence electrons. The average Bonchev–Trinajstić information content (AvgIpc) is 3.45. The van der Waals surface area contributed by atoms with Crippen molar-refractivity contribution < 1.29 is 40.3 Å². The number of halogens is 4. The summed E-state index contributed by atoms with van der Waals surface area (Å²) in [5.74, 6) is 0.775. The highest BCUT2D eigenvalue weighted by atomic mass is 35.5. The van der Waals surface area contributed by atoms with E-state index < -0.39 is 21.8 Å². The lowest BCUT2D eigenvalue weighted by Crippen LogP contribution is -2.33. The highest BCUT2D eigenvalue weighted by molar-refractivity contribution is 7.89. The van der Waals surface area contributed by atoms with E-state index in [1.54, 1.807) is 19.1 Å². The van der Waals surface area contributed by atoms with Crippen molar-refractivity contribution in [2.24, 2.45) is 0 Å². The molecule has 39 heavy (non-hydrogen) atoms. The van der Waals surface area contributed by atoms with Crippen molar-refractivity contribution in [1.82, 2.24) is 14.4 Å². The first-order chi connectivity index (χ1) is 18.4. The van der Waals surface area contributed by atoms with Gasteiger partial charge < -0.3 is 18.7 Å². The van der Waals surface area contributed by atoms with Crippen LogP contribution in [0.25, 0.3) is 11.3 Å². The van der Waals surface area contributed by atoms with Gasteiger partial charge in [0.15, 0.2) is 17.3 Å².